The molecule has 0 spiro atoms. The fourth-order valence-electron chi connectivity index (χ4n) is 3.13. The molecule has 4 rings (SSSR count). The average Bonchev–Trinajstić information content (AvgIpc) is 3.25. The van der Waals surface area contributed by atoms with Crippen LogP contribution >= 0.6 is 0 Å². The Balaban J connectivity index is 1.88. The minimum absolute atomic E-state index is 0.0663. The van der Waals surface area contributed by atoms with E-state index in [0.29, 0.717) is 11.2 Å². The van der Waals surface area contributed by atoms with Gasteiger partial charge >= 0.3 is 5.69 Å². The molecular formula is C16H15N5O4. The number of phenols is 1. The summed E-state index contributed by atoms with van der Waals surface area (Å²) in [4.78, 5) is 13.2. The smallest absolute Gasteiger partial charge is 0.324 e. The first-order chi connectivity index (χ1) is 12.1. The first-order valence-electron chi connectivity index (χ1n) is 7.88. The molecule has 128 valence electrons. The molecule has 25 heavy (non-hydrogen) atoms. The summed E-state index contributed by atoms with van der Waals surface area (Å²) in [5, 5.41) is 31.9. The molecule has 3 aromatic rings. The number of aromatic hydroxyl groups is 1. The van der Waals surface area contributed by atoms with Crippen LogP contribution in [-0.4, -0.2) is 33.4 Å². The SMILES string of the molecule is O=[N+]([O-])c1c(Nc2cccc(O)c2)cc(N2CCCC2)c2nonc12. The summed E-state index contributed by atoms with van der Waals surface area (Å²) in [6.45, 7) is 1.71. The monoisotopic (exact) mass is 341 g/mol. The summed E-state index contributed by atoms with van der Waals surface area (Å²) in [6, 6.07) is 8.08. The predicted molar refractivity (Wildman–Crippen MR) is 91.3 cm³/mol. The van der Waals surface area contributed by atoms with Crippen molar-refractivity contribution in [2.45, 2.75) is 12.8 Å². The summed E-state index contributed by atoms with van der Waals surface area (Å²) in [7, 11) is 0. The molecule has 9 heteroatoms. The molecule has 0 amide bonds. The first-order valence-corrected chi connectivity index (χ1v) is 7.88. The van der Waals surface area contributed by atoms with E-state index >= 15 is 0 Å². The highest BCUT2D eigenvalue weighted by Crippen LogP contribution is 2.40. The Labute approximate surface area is 142 Å². The van der Waals surface area contributed by atoms with Crippen molar-refractivity contribution in [3.8, 4) is 5.75 Å². The van der Waals surface area contributed by atoms with Gasteiger partial charge in [0.05, 0.1) is 10.6 Å². The number of phenolic OH excluding ortho intramolecular Hbond substituents is 1. The maximum atomic E-state index is 11.6. The number of nitrogens with one attached hydrogen (secondary N) is 1. The van der Waals surface area contributed by atoms with Crippen molar-refractivity contribution in [1.82, 2.24) is 10.3 Å². The number of anilines is 3. The molecule has 1 aromatic heterocycles. The molecule has 0 bridgehead atoms. The van der Waals surface area contributed by atoms with Gasteiger partial charge in [0.2, 0.25) is 5.52 Å². The van der Waals surface area contributed by atoms with Gasteiger partial charge in [-0.1, -0.05) is 6.07 Å². The van der Waals surface area contributed by atoms with Gasteiger partial charge in [-0.15, -0.1) is 0 Å². The predicted octanol–water partition coefficient (Wildman–Crippen LogP) is 3.18. The number of fused-ring (bicyclic) bond motifs is 1. The Morgan fingerprint density at radius 3 is 2.68 bits per heavy atom. The van der Waals surface area contributed by atoms with Gasteiger partial charge in [-0.05, 0) is 41.4 Å². The second kappa shape index (κ2) is 5.93. The maximum absolute atomic E-state index is 11.6. The molecule has 1 aliphatic heterocycles. The number of benzene rings is 2. The van der Waals surface area contributed by atoms with E-state index in [1.54, 1.807) is 18.2 Å². The van der Waals surface area contributed by atoms with Crippen LogP contribution in [0.5, 0.6) is 5.75 Å². The average molecular weight is 341 g/mol. The number of nitro benzene ring substituents is 1. The normalized spacial score (nSPS) is 14.2. The van der Waals surface area contributed by atoms with Crippen LogP contribution in [0.15, 0.2) is 35.0 Å². The van der Waals surface area contributed by atoms with Gasteiger partial charge in [0.15, 0.2) is 5.52 Å². The van der Waals surface area contributed by atoms with Crippen molar-refractivity contribution >= 4 is 33.8 Å². The van der Waals surface area contributed by atoms with Crippen molar-refractivity contribution < 1.29 is 14.7 Å². The van der Waals surface area contributed by atoms with Crippen molar-refractivity contribution in [3.05, 3.63) is 40.4 Å². The van der Waals surface area contributed by atoms with Crippen LogP contribution in [-0.2, 0) is 0 Å². The van der Waals surface area contributed by atoms with Gasteiger partial charge in [-0.3, -0.25) is 10.1 Å². The lowest BCUT2D eigenvalue weighted by Crippen LogP contribution is -2.18. The lowest BCUT2D eigenvalue weighted by molar-refractivity contribution is -0.382. The molecule has 0 aliphatic carbocycles. The third kappa shape index (κ3) is 2.69. The molecule has 1 aliphatic rings. The lowest BCUT2D eigenvalue weighted by Gasteiger charge is -2.19. The fourth-order valence-corrected chi connectivity index (χ4v) is 3.13. The van der Waals surface area contributed by atoms with E-state index in [0.717, 1.165) is 31.6 Å². The standard InChI is InChI=1S/C16H15N5O4/c22-11-5-3-4-10(8-11)17-12-9-13(20-6-1-2-7-20)14-15(19-25-18-14)16(12)21(23)24/h3-5,8-9,17,22H,1-2,6-7H2. The van der Waals surface area contributed by atoms with Crippen LogP contribution in [0.25, 0.3) is 11.0 Å². The summed E-state index contributed by atoms with van der Waals surface area (Å²) >= 11 is 0. The number of aromatic nitrogens is 2. The van der Waals surface area contributed by atoms with Gasteiger partial charge in [0.25, 0.3) is 0 Å². The lowest BCUT2D eigenvalue weighted by atomic mass is 10.1. The molecule has 2 heterocycles. The van der Waals surface area contributed by atoms with E-state index in [4.69, 9.17) is 4.63 Å². The van der Waals surface area contributed by atoms with Crippen LogP contribution in [0.2, 0.25) is 0 Å². The zero-order valence-corrected chi connectivity index (χ0v) is 13.2. The minimum atomic E-state index is -0.509. The van der Waals surface area contributed by atoms with E-state index in [1.807, 2.05) is 0 Å². The molecular weight excluding hydrogens is 326 g/mol. The second-order valence-corrected chi connectivity index (χ2v) is 5.88. The van der Waals surface area contributed by atoms with Gasteiger partial charge in [-0.2, -0.15) is 0 Å². The van der Waals surface area contributed by atoms with E-state index in [-0.39, 0.29) is 22.6 Å². The van der Waals surface area contributed by atoms with Gasteiger partial charge < -0.3 is 15.3 Å². The van der Waals surface area contributed by atoms with E-state index in [2.05, 4.69) is 20.5 Å². The molecule has 0 saturated carbocycles. The zero-order chi connectivity index (χ0) is 17.4. The molecule has 1 saturated heterocycles. The zero-order valence-electron chi connectivity index (χ0n) is 13.2. The second-order valence-electron chi connectivity index (χ2n) is 5.88. The van der Waals surface area contributed by atoms with Crippen LogP contribution < -0.4 is 10.2 Å². The summed E-state index contributed by atoms with van der Waals surface area (Å²) < 4.78 is 4.78. The number of hydrogen-bond acceptors (Lipinski definition) is 8. The number of hydrogen-bond donors (Lipinski definition) is 2. The van der Waals surface area contributed by atoms with Gasteiger partial charge in [0.1, 0.15) is 11.4 Å². The largest absolute Gasteiger partial charge is 0.508 e. The molecule has 0 radical (unpaired) electrons. The van der Waals surface area contributed by atoms with Crippen LogP contribution in [0, 0.1) is 10.1 Å². The summed E-state index contributed by atoms with van der Waals surface area (Å²) in [6.07, 6.45) is 2.11. The highest BCUT2D eigenvalue weighted by atomic mass is 16.6. The maximum Gasteiger partial charge on any atom is 0.324 e. The van der Waals surface area contributed by atoms with Crippen molar-refractivity contribution in [3.63, 3.8) is 0 Å². The molecule has 2 N–H and O–H groups in total. The van der Waals surface area contributed by atoms with Gasteiger partial charge in [0, 0.05) is 24.8 Å². The number of nitrogens with zero attached hydrogens (tertiary/aromatic N) is 4. The minimum Gasteiger partial charge on any atom is -0.508 e. The van der Waals surface area contributed by atoms with E-state index in [9.17, 15) is 15.2 Å². The highest BCUT2D eigenvalue weighted by molar-refractivity contribution is 6.00. The first kappa shape index (κ1) is 15.2. The summed E-state index contributed by atoms with van der Waals surface area (Å²) in [5.41, 5.74) is 1.85. The topological polar surface area (TPSA) is 118 Å². The van der Waals surface area contributed by atoms with Crippen LogP contribution in [0.3, 0.4) is 0 Å². The third-order valence-electron chi connectivity index (χ3n) is 4.25. The van der Waals surface area contributed by atoms with Gasteiger partial charge in [-0.25, -0.2) is 4.63 Å². The molecule has 2 aromatic carbocycles. The number of rotatable bonds is 4. The quantitative estimate of drug-likeness (QED) is 0.549. The number of nitro groups is 1. The molecule has 1 fully saturated rings. The highest BCUT2D eigenvalue weighted by Gasteiger charge is 2.28. The molecule has 0 unspecified atom stereocenters. The van der Waals surface area contributed by atoms with Crippen molar-refractivity contribution in [2.75, 3.05) is 23.3 Å². The molecule has 9 nitrogen and oxygen atoms in total. The van der Waals surface area contributed by atoms with Crippen LogP contribution in [0.4, 0.5) is 22.7 Å². The van der Waals surface area contributed by atoms with Crippen LogP contribution in [0.1, 0.15) is 12.8 Å². The van der Waals surface area contributed by atoms with Crippen molar-refractivity contribution in [1.29, 1.82) is 0 Å². The summed E-state index contributed by atoms with van der Waals surface area (Å²) in [5.74, 6) is 0.0663. The molecule has 0 atom stereocenters. The Kier molecular flexibility index (Phi) is 3.60. The Hall–Kier alpha value is -3.36. The van der Waals surface area contributed by atoms with Crippen molar-refractivity contribution in [2.24, 2.45) is 0 Å². The third-order valence-corrected chi connectivity index (χ3v) is 4.25. The Morgan fingerprint density at radius 2 is 1.96 bits per heavy atom. The Morgan fingerprint density at radius 1 is 1.20 bits per heavy atom. The Bertz CT molecular complexity index is 949. The fraction of sp³-hybridized carbons (Fsp3) is 0.250. The van der Waals surface area contributed by atoms with E-state index in [1.165, 1.54) is 12.1 Å². The van der Waals surface area contributed by atoms with E-state index < -0.39 is 4.92 Å².